The van der Waals surface area contributed by atoms with Crippen LogP contribution in [0.25, 0.3) is 0 Å². The predicted molar refractivity (Wildman–Crippen MR) is 74.8 cm³/mol. The molecule has 0 aliphatic carbocycles. The normalized spacial score (nSPS) is 19.7. The Bertz CT molecular complexity index is 373. The summed E-state index contributed by atoms with van der Waals surface area (Å²) >= 11 is 0. The molecule has 1 fully saturated rings. The molecular formula is C15H24N2O. The number of piperidine rings is 1. The van der Waals surface area contributed by atoms with E-state index in [-0.39, 0.29) is 6.04 Å². The Morgan fingerprint density at radius 1 is 1.33 bits per heavy atom. The average molecular weight is 248 g/mol. The molecule has 1 heterocycles. The minimum absolute atomic E-state index is 0.286. The summed E-state index contributed by atoms with van der Waals surface area (Å²) < 4.78 is 5.46. The molecule has 2 rings (SSSR count). The minimum atomic E-state index is 0.286. The summed E-state index contributed by atoms with van der Waals surface area (Å²) in [7, 11) is 1.73. The van der Waals surface area contributed by atoms with Gasteiger partial charge in [0.1, 0.15) is 5.75 Å². The Labute approximate surface area is 110 Å². The van der Waals surface area contributed by atoms with Crippen molar-refractivity contribution in [2.45, 2.75) is 25.8 Å². The van der Waals surface area contributed by atoms with Crippen LogP contribution in [0.3, 0.4) is 0 Å². The third-order valence-corrected chi connectivity index (χ3v) is 3.98. The maximum atomic E-state index is 6.00. The van der Waals surface area contributed by atoms with E-state index in [0.29, 0.717) is 6.54 Å². The van der Waals surface area contributed by atoms with Gasteiger partial charge in [-0.2, -0.15) is 0 Å². The lowest BCUT2D eigenvalue weighted by molar-refractivity contribution is 0.139. The average Bonchev–Trinajstić information content (AvgIpc) is 2.42. The molecule has 1 aliphatic heterocycles. The van der Waals surface area contributed by atoms with Crippen molar-refractivity contribution >= 4 is 0 Å². The van der Waals surface area contributed by atoms with Crippen LogP contribution in [-0.4, -0.2) is 31.6 Å². The second-order valence-corrected chi connectivity index (χ2v) is 5.21. The molecule has 0 unspecified atom stereocenters. The van der Waals surface area contributed by atoms with Crippen LogP contribution >= 0.6 is 0 Å². The zero-order chi connectivity index (χ0) is 13.0. The topological polar surface area (TPSA) is 38.5 Å². The molecule has 0 spiro atoms. The molecule has 18 heavy (non-hydrogen) atoms. The number of methoxy groups -OCH3 is 1. The molecular weight excluding hydrogens is 224 g/mol. The number of hydrogen-bond donors (Lipinski definition) is 1. The van der Waals surface area contributed by atoms with Crippen molar-refractivity contribution < 1.29 is 4.74 Å². The highest BCUT2D eigenvalue weighted by Gasteiger charge is 2.25. The van der Waals surface area contributed by atoms with Gasteiger partial charge in [-0.25, -0.2) is 0 Å². The number of likely N-dealkylation sites (tertiary alicyclic amines) is 1. The standard InChI is InChI=1S/C15H24N2O/c1-12-7-9-17(10-8-12)14(11-16)13-5-3-4-6-15(13)18-2/h3-6,12,14H,7-11,16H2,1-2H3/t14-/m1/s1. The summed E-state index contributed by atoms with van der Waals surface area (Å²) in [6.07, 6.45) is 2.54. The summed E-state index contributed by atoms with van der Waals surface area (Å²) in [6, 6.07) is 8.51. The Hall–Kier alpha value is -1.06. The smallest absolute Gasteiger partial charge is 0.123 e. The molecule has 1 saturated heterocycles. The van der Waals surface area contributed by atoms with E-state index in [0.717, 1.165) is 24.8 Å². The van der Waals surface area contributed by atoms with E-state index in [2.05, 4.69) is 24.0 Å². The highest BCUT2D eigenvalue weighted by Crippen LogP contribution is 2.31. The van der Waals surface area contributed by atoms with Crippen molar-refractivity contribution in [3.05, 3.63) is 29.8 Å². The van der Waals surface area contributed by atoms with E-state index in [4.69, 9.17) is 10.5 Å². The number of hydrogen-bond acceptors (Lipinski definition) is 3. The van der Waals surface area contributed by atoms with Gasteiger partial charge in [-0.15, -0.1) is 0 Å². The fourth-order valence-corrected chi connectivity index (χ4v) is 2.75. The Kier molecular flexibility index (Phi) is 4.61. The van der Waals surface area contributed by atoms with E-state index in [1.807, 2.05) is 12.1 Å². The maximum absolute atomic E-state index is 6.00. The lowest BCUT2D eigenvalue weighted by Crippen LogP contribution is -2.39. The van der Waals surface area contributed by atoms with Gasteiger partial charge in [-0.1, -0.05) is 25.1 Å². The Balaban J connectivity index is 2.17. The summed E-state index contributed by atoms with van der Waals surface area (Å²) in [5.41, 5.74) is 7.22. The first-order valence-electron chi connectivity index (χ1n) is 6.83. The summed E-state index contributed by atoms with van der Waals surface area (Å²) in [6.45, 7) is 5.26. The van der Waals surface area contributed by atoms with Gasteiger partial charge in [-0.05, 0) is 37.9 Å². The van der Waals surface area contributed by atoms with Crippen LogP contribution in [0.5, 0.6) is 5.75 Å². The van der Waals surface area contributed by atoms with Gasteiger partial charge in [0.2, 0.25) is 0 Å². The van der Waals surface area contributed by atoms with Gasteiger partial charge in [0.05, 0.1) is 13.2 Å². The number of rotatable bonds is 4. The molecule has 1 aliphatic rings. The van der Waals surface area contributed by atoms with Crippen LogP contribution in [-0.2, 0) is 0 Å². The number of para-hydroxylation sites is 1. The van der Waals surface area contributed by atoms with Gasteiger partial charge >= 0.3 is 0 Å². The molecule has 3 heteroatoms. The first-order chi connectivity index (χ1) is 8.76. The number of benzene rings is 1. The molecule has 1 atom stereocenters. The van der Waals surface area contributed by atoms with Gasteiger partial charge in [0, 0.05) is 12.1 Å². The van der Waals surface area contributed by atoms with Crippen LogP contribution in [0.15, 0.2) is 24.3 Å². The number of ether oxygens (including phenoxy) is 1. The molecule has 3 nitrogen and oxygen atoms in total. The van der Waals surface area contributed by atoms with Gasteiger partial charge < -0.3 is 10.5 Å². The predicted octanol–water partition coefficient (Wildman–Crippen LogP) is 2.43. The highest BCUT2D eigenvalue weighted by molar-refractivity contribution is 5.36. The fraction of sp³-hybridized carbons (Fsp3) is 0.600. The molecule has 0 aromatic heterocycles. The first kappa shape index (κ1) is 13.4. The van der Waals surface area contributed by atoms with Crippen LogP contribution < -0.4 is 10.5 Å². The van der Waals surface area contributed by atoms with Crippen molar-refractivity contribution in [1.29, 1.82) is 0 Å². The van der Waals surface area contributed by atoms with E-state index in [9.17, 15) is 0 Å². The van der Waals surface area contributed by atoms with Gasteiger partial charge in [0.25, 0.3) is 0 Å². The molecule has 0 saturated carbocycles. The highest BCUT2D eigenvalue weighted by atomic mass is 16.5. The molecule has 2 N–H and O–H groups in total. The largest absolute Gasteiger partial charge is 0.496 e. The monoisotopic (exact) mass is 248 g/mol. The molecule has 0 radical (unpaired) electrons. The van der Waals surface area contributed by atoms with Crippen LogP contribution in [0, 0.1) is 5.92 Å². The van der Waals surface area contributed by atoms with E-state index >= 15 is 0 Å². The summed E-state index contributed by atoms with van der Waals surface area (Å²) in [5, 5.41) is 0. The van der Waals surface area contributed by atoms with Crippen molar-refractivity contribution in [2.75, 3.05) is 26.7 Å². The third kappa shape index (κ3) is 2.85. The summed E-state index contributed by atoms with van der Waals surface area (Å²) in [4.78, 5) is 2.50. The van der Waals surface area contributed by atoms with Crippen molar-refractivity contribution in [3.63, 3.8) is 0 Å². The van der Waals surface area contributed by atoms with Crippen LogP contribution in [0.2, 0.25) is 0 Å². The zero-order valence-electron chi connectivity index (χ0n) is 11.4. The maximum Gasteiger partial charge on any atom is 0.123 e. The summed E-state index contributed by atoms with van der Waals surface area (Å²) in [5.74, 6) is 1.80. The third-order valence-electron chi connectivity index (χ3n) is 3.98. The van der Waals surface area contributed by atoms with Crippen LogP contribution in [0.1, 0.15) is 31.4 Å². The van der Waals surface area contributed by atoms with E-state index in [1.165, 1.54) is 18.4 Å². The zero-order valence-corrected chi connectivity index (χ0v) is 11.4. The van der Waals surface area contributed by atoms with Gasteiger partial charge in [0.15, 0.2) is 0 Å². The fourth-order valence-electron chi connectivity index (χ4n) is 2.75. The molecule has 1 aromatic rings. The second-order valence-electron chi connectivity index (χ2n) is 5.21. The molecule has 0 amide bonds. The molecule has 1 aromatic carbocycles. The Morgan fingerprint density at radius 2 is 2.00 bits per heavy atom. The lowest BCUT2D eigenvalue weighted by atomic mass is 9.95. The van der Waals surface area contributed by atoms with E-state index in [1.54, 1.807) is 7.11 Å². The van der Waals surface area contributed by atoms with Gasteiger partial charge in [-0.3, -0.25) is 4.90 Å². The van der Waals surface area contributed by atoms with Crippen molar-refractivity contribution in [1.82, 2.24) is 4.90 Å². The SMILES string of the molecule is COc1ccccc1[C@@H](CN)N1CCC(C)CC1. The van der Waals surface area contributed by atoms with Crippen molar-refractivity contribution in [3.8, 4) is 5.75 Å². The first-order valence-corrected chi connectivity index (χ1v) is 6.83. The molecule has 100 valence electrons. The van der Waals surface area contributed by atoms with Crippen molar-refractivity contribution in [2.24, 2.45) is 11.7 Å². The second kappa shape index (κ2) is 6.21. The Morgan fingerprint density at radius 3 is 2.61 bits per heavy atom. The minimum Gasteiger partial charge on any atom is -0.496 e. The number of nitrogens with zero attached hydrogens (tertiary/aromatic N) is 1. The lowest BCUT2D eigenvalue weighted by Gasteiger charge is -2.36. The quantitative estimate of drug-likeness (QED) is 0.889. The molecule has 0 bridgehead atoms. The number of nitrogens with two attached hydrogens (primary N) is 1. The van der Waals surface area contributed by atoms with E-state index < -0.39 is 0 Å². The van der Waals surface area contributed by atoms with Crippen LogP contribution in [0.4, 0.5) is 0 Å².